The molecule has 0 fully saturated rings. The van der Waals surface area contributed by atoms with Gasteiger partial charge in [0, 0.05) is 12.8 Å². The number of hydrogen-bond acceptors (Lipinski definition) is 6. The molecule has 0 rings (SSSR count). The van der Waals surface area contributed by atoms with Gasteiger partial charge in [-0.05, 0) is 63.9 Å². The zero-order chi connectivity index (χ0) is 57.9. The van der Waals surface area contributed by atoms with Crippen LogP contribution in [0.4, 0.5) is 0 Å². The Morgan fingerprint density at radius 1 is 0.443 bits per heavy atom. The van der Waals surface area contributed by atoms with Crippen molar-refractivity contribution in [1.29, 1.82) is 0 Å². The molecule has 0 aromatic heterocycles. The summed E-state index contributed by atoms with van der Waals surface area (Å²) in [6.07, 6.45) is 73.0. The molecule has 9 nitrogen and oxygen atoms in total. The van der Waals surface area contributed by atoms with E-state index in [1.54, 1.807) is 0 Å². The molecule has 1 amide bonds. The third-order valence-corrected chi connectivity index (χ3v) is 16.6. The van der Waals surface area contributed by atoms with Crippen molar-refractivity contribution in [3.63, 3.8) is 0 Å². The summed E-state index contributed by atoms with van der Waals surface area (Å²) < 4.78 is 30.8. The molecule has 3 unspecified atom stereocenters. The molecule has 0 spiro atoms. The number of unbranched alkanes of at least 4 members (excludes halogenated alkanes) is 43. The van der Waals surface area contributed by atoms with E-state index in [1.165, 1.54) is 231 Å². The third-order valence-electron chi connectivity index (χ3n) is 15.6. The Bertz CT molecular complexity index is 1450. The lowest BCUT2D eigenvalue weighted by Gasteiger charge is -2.27. The predicted molar refractivity (Wildman–Crippen MR) is 342 cm³/mol. The molecule has 0 aromatic rings. The number of phosphoric acid groups is 1. The quantitative estimate of drug-likeness (QED) is 0.0205. The monoisotopic (exact) mass is 1130 g/mol. The highest BCUT2D eigenvalue weighted by atomic mass is 31.2. The van der Waals surface area contributed by atoms with E-state index in [4.69, 9.17) is 13.8 Å². The van der Waals surface area contributed by atoms with Gasteiger partial charge in [0.1, 0.15) is 19.3 Å². The van der Waals surface area contributed by atoms with Crippen molar-refractivity contribution in [1.82, 2.24) is 5.32 Å². The molecule has 0 heterocycles. The van der Waals surface area contributed by atoms with Crippen LogP contribution in [0.25, 0.3) is 0 Å². The lowest BCUT2D eigenvalue weighted by atomic mass is 10.0. The Labute approximate surface area is 491 Å². The molecule has 3 atom stereocenters. The summed E-state index contributed by atoms with van der Waals surface area (Å²) in [7, 11) is 1.50. The van der Waals surface area contributed by atoms with Crippen LogP contribution in [0, 0.1) is 0 Å². The summed E-state index contributed by atoms with van der Waals surface area (Å²) >= 11 is 0. The van der Waals surface area contributed by atoms with Crippen molar-refractivity contribution in [3.8, 4) is 0 Å². The summed E-state index contributed by atoms with van der Waals surface area (Å²) in [4.78, 5) is 37.8. The van der Waals surface area contributed by atoms with Gasteiger partial charge >= 0.3 is 13.8 Å². The molecule has 10 heteroatoms. The molecule has 79 heavy (non-hydrogen) atoms. The molecule has 0 aliphatic rings. The van der Waals surface area contributed by atoms with Gasteiger partial charge in [0.15, 0.2) is 0 Å². The summed E-state index contributed by atoms with van der Waals surface area (Å²) in [5.41, 5.74) is 0. The number of nitrogens with one attached hydrogen (secondary N) is 1. The number of amides is 1. The van der Waals surface area contributed by atoms with E-state index in [-0.39, 0.29) is 25.1 Å². The van der Waals surface area contributed by atoms with Crippen molar-refractivity contribution in [2.24, 2.45) is 0 Å². The number of quaternary nitrogens is 1. The van der Waals surface area contributed by atoms with E-state index in [0.29, 0.717) is 23.9 Å². The Morgan fingerprint density at radius 2 is 0.772 bits per heavy atom. The van der Waals surface area contributed by atoms with Crippen LogP contribution >= 0.6 is 7.82 Å². The number of carbonyl (C=O) groups is 2. The van der Waals surface area contributed by atoms with Crippen LogP contribution in [0.2, 0.25) is 0 Å². The van der Waals surface area contributed by atoms with Crippen molar-refractivity contribution >= 4 is 19.7 Å². The number of likely N-dealkylation sites (N-methyl/N-ethyl adjacent to an activating group) is 1. The van der Waals surface area contributed by atoms with Gasteiger partial charge in [-0.1, -0.05) is 302 Å². The van der Waals surface area contributed by atoms with Gasteiger partial charge in [-0.25, -0.2) is 4.57 Å². The zero-order valence-electron chi connectivity index (χ0n) is 53.4. The Kier molecular flexibility index (Phi) is 58.1. The highest BCUT2D eigenvalue weighted by Gasteiger charge is 2.30. The maximum atomic E-state index is 13.6. The topological polar surface area (TPSA) is 111 Å². The first-order valence-electron chi connectivity index (χ1n) is 34.3. The summed E-state index contributed by atoms with van der Waals surface area (Å²) in [6.45, 7) is 7.03. The van der Waals surface area contributed by atoms with Gasteiger partial charge in [-0.2, -0.15) is 0 Å². The second kappa shape index (κ2) is 59.4. The zero-order valence-corrected chi connectivity index (χ0v) is 54.3. The first kappa shape index (κ1) is 77.2. The number of esters is 1. The molecule has 0 saturated heterocycles. The van der Waals surface area contributed by atoms with Gasteiger partial charge in [0.25, 0.3) is 0 Å². The standard InChI is InChI=1S/C69H133N2O7P/c1-7-10-13-16-19-22-25-27-29-31-32-33-34-35-36-37-38-40-42-44-47-50-53-56-59-62-69(73)78-67(60-57-54-51-48-45-24-21-18-15-12-9-3)66(65-77-79(74,75)76-64-63-71(4,5)6)70-68(72)61-58-55-52-49-46-43-41-39-30-28-26-23-20-17-14-11-8-2/h20,23,28,30,57,60,66-67H,7-19,21-22,24-27,29,31-56,58-59,61-65H2,1-6H3,(H-,70,72,74,75)/p+1/b23-20-,30-28-,60-57-. The minimum Gasteiger partial charge on any atom is -0.456 e. The second-order valence-electron chi connectivity index (χ2n) is 24.7. The fraction of sp³-hybridized carbons (Fsp3) is 0.884. The highest BCUT2D eigenvalue weighted by Crippen LogP contribution is 2.43. The average molecular weight is 1130 g/mol. The van der Waals surface area contributed by atoms with Crippen molar-refractivity contribution in [2.75, 3.05) is 40.9 Å². The maximum absolute atomic E-state index is 13.6. The fourth-order valence-corrected chi connectivity index (χ4v) is 11.0. The van der Waals surface area contributed by atoms with Crippen LogP contribution in [0.5, 0.6) is 0 Å². The van der Waals surface area contributed by atoms with Crippen LogP contribution in [-0.4, -0.2) is 74.3 Å². The molecule has 466 valence electrons. The largest absolute Gasteiger partial charge is 0.472 e. The summed E-state index contributed by atoms with van der Waals surface area (Å²) in [6, 6.07) is -0.849. The number of rotatable bonds is 63. The molecule has 0 aliphatic heterocycles. The second-order valence-corrected chi connectivity index (χ2v) is 26.2. The SMILES string of the molecule is CCCCC/C=C\C/C=C\CCCCCCCCCC(=O)NC(COP(=O)(O)OCC[N+](C)(C)C)C(/C=C\CCCCCCCCCCC)OC(=O)CCCCCCCCCCCCCCCCCCCCCCCCCCC. The van der Waals surface area contributed by atoms with Gasteiger partial charge < -0.3 is 19.4 Å². The van der Waals surface area contributed by atoms with Crippen molar-refractivity contribution in [2.45, 2.75) is 354 Å². The molecule has 0 radical (unpaired) electrons. The lowest BCUT2D eigenvalue weighted by Crippen LogP contribution is -2.47. The molecule has 2 N–H and O–H groups in total. The molecular formula is C69H134N2O7P+. The Morgan fingerprint density at radius 3 is 1.16 bits per heavy atom. The third kappa shape index (κ3) is 60.6. The van der Waals surface area contributed by atoms with Crippen LogP contribution < -0.4 is 5.32 Å². The van der Waals surface area contributed by atoms with Gasteiger partial charge in [0.2, 0.25) is 5.91 Å². The average Bonchev–Trinajstić information content (AvgIpc) is 3.41. The van der Waals surface area contributed by atoms with E-state index in [2.05, 4.69) is 50.4 Å². The Hall–Kier alpha value is -1.77. The van der Waals surface area contributed by atoms with E-state index < -0.39 is 20.0 Å². The number of phosphoric ester groups is 1. The molecule has 0 aliphatic carbocycles. The van der Waals surface area contributed by atoms with Crippen LogP contribution in [0.15, 0.2) is 36.5 Å². The van der Waals surface area contributed by atoms with Gasteiger partial charge in [-0.15, -0.1) is 0 Å². The number of ether oxygens (including phenoxy) is 1. The van der Waals surface area contributed by atoms with Gasteiger partial charge in [0.05, 0.1) is 33.8 Å². The molecule has 0 aromatic carbocycles. The van der Waals surface area contributed by atoms with E-state index in [9.17, 15) is 19.0 Å². The molecular weight excluding hydrogens is 1000 g/mol. The molecule has 0 bridgehead atoms. The predicted octanol–water partition coefficient (Wildman–Crippen LogP) is 21.5. The minimum atomic E-state index is -4.45. The van der Waals surface area contributed by atoms with Gasteiger partial charge in [-0.3, -0.25) is 18.6 Å². The fourth-order valence-electron chi connectivity index (χ4n) is 10.3. The van der Waals surface area contributed by atoms with Crippen LogP contribution in [0.1, 0.15) is 342 Å². The Balaban J connectivity index is 5.01. The normalized spacial score (nSPS) is 13.8. The number of allylic oxidation sites excluding steroid dienone is 5. The van der Waals surface area contributed by atoms with Crippen LogP contribution in [0.3, 0.4) is 0 Å². The van der Waals surface area contributed by atoms with E-state index in [0.717, 1.165) is 77.0 Å². The molecule has 0 saturated carbocycles. The van der Waals surface area contributed by atoms with Crippen molar-refractivity contribution < 1.29 is 37.3 Å². The summed E-state index contributed by atoms with van der Waals surface area (Å²) in [5.74, 6) is -0.498. The van der Waals surface area contributed by atoms with E-state index >= 15 is 0 Å². The van der Waals surface area contributed by atoms with Crippen molar-refractivity contribution in [3.05, 3.63) is 36.5 Å². The first-order chi connectivity index (χ1) is 38.4. The number of carbonyl (C=O) groups excluding carboxylic acids is 2. The maximum Gasteiger partial charge on any atom is 0.472 e. The van der Waals surface area contributed by atoms with E-state index in [1.807, 2.05) is 33.3 Å². The number of hydrogen-bond donors (Lipinski definition) is 2. The smallest absolute Gasteiger partial charge is 0.456 e. The lowest BCUT2D eigenvalue weighted by molar-refractivity contribution is -0.870. The minimum absolute atomic E-state index is 0.0408. The summed E-state index contributed by atoms with van der Waals surface area (Å²) in [5, 5.41) is 3.06. The number of nitrogens with zero attached hydrogens (tertiary/aromatic N) is 1. The van der Waals surface area contributed by atoms with Crippen LogP contribution in [-0.2, 0) is 27.9 Å². The first-order valence-corrected chi connectivity index (χ1v) is 35.8. The highest BCUT2D eigenvalue weighted by molar-refractivity contribution is 7.47.